The monoisotopic (exact) mass is 536 g/mol. The van der Waals surface area contributed by atoms with Gasteiger partial charge in [-0.05, 0) is 75.3 Å². The Morgan fingerprint density at radius 1 is 0.450 bits per heavy atom. The highest BCUT2D eigenvalue weighted by molar-refractivity contribution is 6.15. The summed E-state index contributed by atoms with van der Waals surface area (Å²) in [5, 5.41) is 4.34. The molecule has 0 aliphatic heterocycles. The minimum Gasteiger partial charge on any atom is -0.497 e. The molecule has 0 unspecified atom stereocenters. The van der Waals surface area contributed by atoms with E-state index in [0.29, 0.717) is 0 Å². The fourth-order valence-electron chi connectivity index (χ4n) is 6.24. The van der Waals surface area contributed by atoms with Gasteiger partial charge in [-0.15, -0.1) is 0 Å². The summed E-state index contributed by atoms with van der Waals surface area (Å²) in [4.78, 5) is 0. The minimum atomic E-state index is -0.0558. The molecule has 5 aromatic rings. The molecule has 6 heteroatoms. The molecule has 0 spiro atoms. The van der Waals surface area contributed by atoms with Crippen molar-refractivity contribution >= 4 is 21.5 Å². The first-order chi connectivity index (χ1) is 19.5. The van der Waals surface area contributed by atoms with Crippen LogP contribution in [-0.2, 0) is 0 Å². The molecule has 6 nitrogen and oxygen atoms in total. The van der Waals surface area contributed by atoms with Crippen molar-refractivity contribution in [3.63, 3.8) is 0 Å². The molecule has 1 aliphatic rings. The fraction of sp³-hybridized carbons (Fsp3) is 0.235. The van der Waals surface area contributed by atoms with Gasteiger partial charge in [0.05, 0.1) is 42.7 Å². The van der Waals surface area contributed by atoms with Crippen LogP contribution in [0.3, 0.4) is 0 Å². The molecule has 0 amide bonds. The molecule has 2 atom stereocenters. The van der Waals surface area contributed by atoms with Crippen molar-refractivity contribution < 1.29 is 28.4 Å². The third-order valence-corrected chi connectivity index (χ3v) is 8.05. The Bertz CT molecular complexity index is 1700. The summed E-state index contributed by atoms with van der Waals surface area (Å²) in [7, 11) is 10.1. The van der Waals surface area contributed by atoms with E-state index in [1.54, 1.807) is 42.7 Å². The average molecular weight is 537 g/mol. The van der Waals surface area contributed by atoms with Gasteiger partial charge in [-0.1, -0.05) is 18.2 Å². The largest absolute Gasteiger partial charge is 0.497 e. The summed E-state index contributed by atoms with van der Waals surface area (Å²) < 4.78 is 34.6. The molecule has 0 bridgehead atoms. The SMILES string of the molecule is COc1ccc([C@@H]2c3c(OC)cc(OC)c4c3c(cc3ccc(OC)cc34)[C@H]2c2cc(OC)cc(OC)c2)cc1. The number of hydrogen-bond acceptors (Lipinski definition) is 6. The Labute approximate surface area is 234 Å². The van der Waals surface area contributed by atoms with Gasteiger partial charge in [0.25, 0.3) is 0 Å². The zero-order valence-electron chi connectivity index (χ0n) is 23.5. The summed E-state index contributed by atoms with van der Waals surface area (Å²) in [6.45, 7) is 0. The van der Waals surface area contributed by atoms with Gasteiger partial charge >= 0.3 is 0 Å². The second-order valence-corrected chi connectivity index (χ2v) is 9.87. The fourth-order valence-corrected chi connectivity index (χ4v) is 6.24. The predicted molar refractivity (Wildman–Crippen MR) is 157 cm³/mol. The molecule has 1 aliphatic carbocycles. The van der Waals surface area contributed by atoms with Crippen LogP contribution in [0, 0.1) is 0 Å². The van der Waals surface area contributed by atoms with E-state index in [-0.39, 0.29) is 11.8 Å². The Morgan fingerprint density at radius 3 is 1.68 bits per heavy atom. The summed E-state index contributed by atoms with van der Waals surface area (Å²) in [6, 6.07) is 24.9. The molecule has 204 valence electrons. The van der Waals surface area contributed by atoms with E-state index in [1.165, 1.54) is 5.56 Å². The standard InChI is InChI=1S/C34H32O6/c1-35-22-10-7-19(8-11-22)31-30(21-13-24(37-3)16-25(14-21)38-4)27-15-20-9-12-23(36-2)17-26(20)32-28(39-5)18-29(40-6)34(31)33(27)32/h7-18,30-31H,1-6H3/t30-,31+/m1/s1. The Morgan fingerprint density at radius 2 is 1.07 bits per heavy atom. The summed E-state index contributed by atoms with van der Waals surface area (Å²) in [5.41, 5.74) is 4.55. The lowest BCUT2D eigenvalue weighted by molar-refractivity contribution is 0.391. The van der Waals surface area contributed by atoms with Crippen LogP contribution in [-0.4, -0.2) is 42.7 Å². The van der Waals surface area contributed by atoms with Crippen LogP contribution in [0.15, 0.2) is 72.8 Å². The van der Waals surface area contributed by atoms with Gasteiger partial charge < -0.3 is 28.4 Å². The van der Waals surface area contributed by atoms with Gasteiger partial charge in [-0.2, -0.15) is 0 Å². The van der Waals surface area contributed by atoms with Gasteiger partial charge in [-0.3, -0.25) is 0 Å². The first kappa shape index (κ1) is 25.7. The maximum atomic E-state index is 6.07. The number of ether oxygens (including phenoxy) is 6. The molecule has 0 radical (unpaired) electrons. The lowest BCUT2D eigenvalue weighted by atomic mass is 9.79. The van der Waals surface area contributed by atoms with Crippen molar-refractivity contribution in [2.24, 2.45) is 0 Å². The highest BCUT2D eigenvalue weighted by atomic mass is 16.5. The van der Waals surface area contributed by atoms with Gasteiger partial charge in [0.2, 0.25) is 0 Å². The van der Waals surface area contributed by atoms with Gasteiger partial charge in [0.1, 0.15) is 34.5 Å². The second-order valence-electron chi connectivity index (χ2n) is 9.87. The lowest BCUT2D eigenvalue weighted by Gasteiger charge is -2.25. The number of hydrogen-bond donors (Lipinski definition) is 0. The number of methoxy groups -OCH3 is 6. The van der Waals surface area contributed by atoms with Gasteiger partial charge in [-0.25, -0.2) is 0 Å². The number of fused-ring (bicyclic) bond motifs is 2. The number of benzene rings is 5. The molecule has 0 heterocycles. The maximum absolute atomic E-state index is 6.07. The zero-order chi connectivity index (χ0) is 28.0. The van der Waals surface area contributed by atoms with Crippen LogP contribution in [0.5, 0.6) is 34.5 Å². The van der Waals surface area contributed by atoms with Crippen LogP contribution in [0.4, 0.5) is 0 Å². The van der Waals surface area contributed by atoms with E-state index in [2.05, 4.69) is 42.5 Å². The van der Waals surface area contributed by atoms with Gasteiger partial charge in [0.15, 0.2) is 0 Å². The zero-order valence-corrected chi connectivity index (χ0v) is 23.5. The van der Waals surface area contributed by atoms with Crippen molar-refractivity contribution in [3.05, 3.63) is 95.1 Å². The van der Waals surface area contributed by atoms with Crippen LogP contribution in [0.2, 0.25) is 0 Å². The molecule has 0 saturated heterocycles. The molecule has 5 aromatic carbocycles. The third-order valence-electron chi connectivity index (χ3n) is 8.05. The Balaban J connectivity index is 1.76. The summed E-state index contributed by atoms with van der Waals surface area (Å²) >= 11 is 0. The average Bonchev–Trinajstić information content (AvgIpc) is 3.35. The van der Waals surface area contributed by atoms with E-state index in [9.17, 15) is 0 Å². The summed E-state index contributed by atoms with van der Waals surface area (Å²) in [6.07, 6.45) is 0. The molecular formula is C34H32O6. The quantitative estimate of drug-likeness (QED) is 0.194. The Hall–Kier alpha value is -4.58. The van der Waals surface area contributed by atoms with Crippen molar-refractivity contribution in [1.82, 2.24) is 0 Å². The molecule has 0 fully saturated rings. The van der Waals surface area contributed by atoms with Crippen molar-refractivity contribution in [2.45, 2.75) is 11.8 Å². The minimum absolute atomic E-state index is 0.0533. The lowest BCUT2D eigenvalue weighted by Crippen LogP contribution is -2.10. The maximum Gasteiger partial charge on any atom is 0.131 e. The number of rotatable bonds is 8. The molecular weight excluding hydrogens is 504 g/mol. The summed E-state index contributed by atoms with van der Waals surface area (Å²) in [5.74, 6) is 4.51. The molecule has 40 heavy (non-hydrogen) atoms. The first-order valence-electron chi connectivity index (χ1n) is 13.1. The van der Waals surface area contributed by atoms with E-state index < -0.39 is 0 Å². The molecule has 0 saturated carbocycles. The van der Waals surface area contributed by atoms with E-state index in [4.69, 9.17) is 28.4 Å². The van der Waals surface area contributed by atoms with Crippen LogP contribution in [0.1, 0.15) is 34.1 Å². The smallest absolute Gasteiger partial charge is 0.131 e. The van der Waals surface area contributed by atoms with E-state index in [1.807, 2.05) is 30.3 Å². The van der Waals surface area contributed by atoms with Crippen molar-refractivity contribution in [2.75, 3.05) is 42.7 Å². The van der Waals surface area contributed by atoms with Crippen LogP contribution >= 0.6 is 0 Å². The first-order valence-corrected chi connectivity index (χ1v) is 13.1. The third kappa shape index (κ3) is 3.94. The molecule has 0 N–H and O–H groups in total. The topological polar surface area (TPSA) is 55.4 Å². The van der Waals surface area contributed by atoms with Crippen molar-refractivity contribution in [3.8, 4) is 34.5 Å². The van der Waals surface area contributed by atoms with Gasteiger partial charge in [0, 0.05) is 34.9 Å². The molecule has 0 aromatic heterocycles. The molecule has 6 rings (SSSR count). The highest BCUT2D eigenvalue weighted by Gasteiger charge is 2.41. The van der Waals surface area contributed by atoms with Crippen LogP contribution < -0.4 is 28.4 Å². The van der Waals surface area contributed by atoms with E-state index in [0.717, 1.165) is 72.7 Å². The highest BCUT2D eigenvalue weighted by Crippen LogP contribution is 2.59. The normalized spacial score (nSPS) is 15.8. The van der Waals surface area contributed by atoms with Crippen LogP contribution in [0.25, 0.3) is 21.5 Å². The predicted octanol–water partition coefficient (Wildman–Crippen LogP) is 7.32. The second kappa shape index (κ2) is 10.2. The van der Waals surface area contributed by atoms with E-state index >= 15 is 0 Å². The Kier molecular flexibility index (Phi) is 6.54. The van der Waals surface area contributed by atoms with Crippen molar-refractivity contribution in [1.29, 1.82) is 0 Å².